The zero-order valence-electron chi connectivity index (χ0n) is 15.0. The first-order valence-corrected chi connectivity index (χ1v) is 8.40. The van der Waals surface area contributed by atoms with Gasteiger partial charge in [-0.05, 0) is 30.7 Å². The molecule has 0 radical (unpaired) electrons. The number of rotatable bonds is 7. The molecule has 0 amide bonds. The molecular weight excluding hydrogens is 348 g/mol. The van der Waals surface area contributed by atoms with Crippen LogP contribution in [0.5, 0.6) is 5.75 Å². The van der Waals surface area contributed by atoms with E-state index in [1.807, 2.05) is 12.1 Å². The van der Waals surface area contributed by atoms with Crippen LogP contribution in [-0.2, 0) is 16.2 Å². The lowest BCUT2D eigenvalue weighted by molar-refractivity contribution is -0.736. The van der Waals surface area contributed by atoms with Gasteiger partial charge in [0, 0.05) is 29.8 Å². The molecule has 3 rings (SSSR count). The third-order valence-corrected chi connectivity index (χ3v) is 3.86. The largest absolute Gasteiger partial charge is 0.489 e. The highest BCUT2D eigenvalue weighted by Crippen LogP contribution is 2.22. The summed E-state index contributed by atoms with van der Waals surface area (Å²) in [5.74, 6) is 0.241. The summed E-state index contributed by atoms with van der Waals surface area (Å²) in [5.41, 5.74) is 2.34. The normalized spacial score (nSPS) is 10.4. The van der Waals surface area contributed by atoms with E-state index in [9.17, 15) is 9.70 Å². The van der Waals surface area contributed by atoms with Crippen LogP contribution in [0.1, 0.15) is 22.8 Å². The zero-order chi connectivity index (χ0) is 19.2. The van der Waals surface area contributed by atoms with Gasteiger partial charge >= 0.3 is 11.7 Å². The van der Waals surface area contributed by atoms with Gasteiger partial charge in [0.1, 0.15) is 12.4 Å². The van der Waals surface area contributed by atoms with E-state index in [4.69, 9.17) is 9.47 Å². The molecule has 0 bridgehead atoms. The smallest absolute Gasteiger partial charge is 0.339 e. The van der Waals surface area contributed by atoms with Gasteiger partial charge in [-0.15, -0.1) is 0 Å². The molecule has 0 aliphatic carbocycles. The Morgan fingerprint density at radius 3 is 2.78 bits per heavy atom. The van der Waals surface area contributed by atoms with Crippen LogP contribution < -0.4 is 4.74 Å². The van der Waals surface area contributed by atoms with Crippen LogP contribution in [-0.4, -0.2) is 29.6 Å². The molecule has 0 aliphatic rings. The second-order valence-corrected chi connectivity index (χ2v) is 5.70. The molecule has 7 nitrogen and oxygen atoms in total. The molecular formula is C20H19N2O5+. The van der Waals surface area contributed by atoms with E-state index in [1.165, 1.54) is 13.3 Å². The fraction of sp³-hybridized carbons (Fsp3) is 0.200. The molecule has 3 aromatic rings. The predicted octanol–water partition coefficient (Wildman–Crippen LogP) is 3.96. The summed E-state index contributed by atoms with van der Waals surface area (Å²) in [6.45, 7) is 2.37. The molecule has 138 valence electrons. The van der Waals surface area contributed by atoms with Crippen molar-refractivity contribution in [2.75, 3.05) is 13.7 Å². The molecule has 0 saturated carbocycles. The van der Waals surface area contributed by atoms with Crippen molar-refractivity contribution in [1.29, 1.82) is 0 Å². The van der Waals surface area contributed by atoms with E-state index in [2.05, 4.69) is 9.82 Å². The number of hydrogen-bond acceptors (Lipinski definition) is 6. The van der Waals surface area contributed by atoms with Crippen molar-refractivity contribution in [1.82, 2.24) is 4.98 Å². The van der Waals surface area contributed by atoms with Crippen LogP contribution in [0.4, 0.5) is 5.69 Å². The first kappa shape index (κ1) is 18.3. The quantitative estimate of drug-likeness (QED) is 0.465. The van der Waals surface area contributed by atoms with Gasteiger partial charge in [0.2, 0.25) is 0 Å². The van der Waals surface area contributed by atoms with Gasteiger partial charge in [-0.1, -0.05) is 12.1 Å². The Bertz CT molecular complexity index is 987. The number of esters is 1. The van der Waals surface area contributed by atoms with E-state index >= 15 is 0 Å². The van der Waals surface area contributed by atoms with Crippen molar-refractivity contribution in [3.8, 4) is 5.75 Å². The van der Waals surface area contributed by atoms with E-state index in [-0.39, 0.29) is 6.61 Å². The second-order valence-electron chi connectivity index (χ2n) is 5.70. The second kappa shape index (κ2) is 8.27. The molecule has 0 saturated heterocycles. The van der Waals surface area contributed by atoms with Crippen LogP contribution in [0, 0.1) is 4.91 Å². The molecule has 1 heterocycles. The lowest BCUT2D eigenvalue weighted by atomic mass is 10.1. The average Bonchev–Trinajstić information content (AvgIpc) is 2.71. The fourth-order valence-electron chi connectivity index (χ4n) is 2.55. The molecule has 0 aliphatic heterocycles. The van der Waals surface area contributed by atoms with Crippen LogP contribution in [0.25, 0.3) is 10.9 Å². The van der Waals surface area contributed by atoms with Crippen LogP contribution >= 0.6 is 0 Å². The number of aromatic nitrogens is 1. The topological polar surface area (TPSA) is 77.7 Å². The van der Waals surface area contributed by atoms with Gasteiger partial charge in [-0.3, -0.25) is 4.98 Å². The number of benzene rings is 2. The van der Waals surface area contributed by atoms with Crippen LogP contribution in [0.3, 0.4) is 0 Å². The first-order valence-electron chi connectivity index (χ1n) is 8.40. The summed E-state index contributed by atoms with van der Waals surface area (Å²) >= 11 is 0. The summed E-state index contributed by atoms with van der Waals surface area (Å²) in [6.07, 6.45) is 1.49. The third-order valence-electron chi connectivity index (χ3n) is 3.86. The van der Waals surface area contributed by atoms with Gasteiger partial charge in [0.25, 0.3) is 4.92 Å². The third kappa shape index (κ3) is 4.38. The number of carbonyl (C=O) groups excluding carboxylic acids is 1. The zero-order valence-corrected chi connectivity index (χ0v) is 15.0. The average molecular weight is 367 g/mol. The summed E-state index contributed by atoms with van der Waals surface area (Å²) in [6, 6.07) is 14.1. The van der Waals surface area contributed by atoms with E-state index in [0.29, 0.717) is 34.0 Å². The molecule has 0 fully saturated rings. The summed E-state index contributed by atoms with van der Waals surface area (Å²) in [4.78, 5) is 32.7. The highest BCUT2D eigenvalue weighted by atomic mass is 16.8. The summed E-state index contributed by atoms with van der Waals surface area (Å²) in [5, 5.41) is 0.817. The van der Waals surface area contributed by atoms with Crippen LogP contribution in [0.15, 0.2) is 54.7 Å². The maximum Gasteiger partial charge on any atom is 0.339 e. The van der Waals surface area contributed by atoms with Crippen molar-refractivity contribution < 1.29 is 24.0 Å². The minimum absolute atomic E-state index is 0.289. The number of ether oxygens (including phenoxy) is 2. The standard InChI is InChI=1S/C20H19N2O5/c1-3-26-20(23)16-10-15-7-8-18(11-19(15)21-12-16)27-13-14-5-4-6-17(9-14)22(24)25-2/h4-12H,3,13H2,1-2H3/q+1. The molecule has 0 spiro atoms. The minimum atomic E-state index is -0.393. The summed E-state index contributed by atoms with van der Waals surface area (Å²) in [7, 11) is 1.31. The fourth-order valence-corrected chi connectivity index (χ4v) is 2.55. The first-order chi connectivity index (χ1) is 13.1. The van der Waals surface area contributed by atoms with E-state index in [0.717, 1.165) is 10.9 Å². The van der Waals surface area contributed by atoms with Gasteiger partial charge < -0.3 is 9.47 Å². The molecule has 0 unspecified atom stereocenters. The number of carbonyl (C=O) groups is 1. The highest BCUT2D eigenvalue weighted by Gasteiger charge is 2.14. The lowest BCUT2D eigenvalue weighted by Gasteiger charge is -2.08. The Labute approximate surface area is 156 Å². The van der Waals surface area contributed by atoms with Crippen LogP contribution in [0.2, 0.25) is 0 Å². The van der Waals surface area contributed by atoms with Gasteiger partial charge in [-0.2, -0.15) is 0 Å². The van der Waals surface area contributed by atoms with E-state index in [1.54, 1.807) is 43.3 Å². The lowest BCUT2D eigenvalue weighted by Crippen LogP contribution is -2.05. The number of hydrogen-bond donors (Lipinski definition) is 0. The highest BCUT2D eigenvalue weighted by molar-refractivity contribution is 5.93. The van der Waals surface area contributed by atoms with Crippen molar-refractivity contribution in [2.45, 2.75) is 13.5 Å². The van der Waals surface area contributed by atoms with Crippen molar-refractivity contribution >= 4 is 22.6 Å². The maximum atomic E-state index is 11.8. The molecule has 0 atom stereocenters. The van der Waals surface area contributed by atoms with Crippen molar-refractivity contribution in [3.05, 3.63) is 70.8 Å². The van der Waals surface area contributed by atoms with Crippen molar-refractivity contribution in [3.63, 3.8) is 0 Å². The Balaban J connectivity index is 1.73. The van der Waals surface area contributed by atoms with Crippen molar-refractivity contribution in [2.24, 2.45) is 0 Å². The van der Waals surface area contributed by atoms with E-state index < -0.39 is 5.97 Å². The van der Waals surface area contributed by atoms with Gasteiger partial charge in [-0.25, -0.2) is 9.63 Å². The predicted molar refractivity (Wildman–Crippen MR) is 98.8 cm³/mol. The molecule has 7 heteroatoms. The Morgan fingerprint density at radius 1 is 1.15 bits per heavy atom. The Morgan fingerprint density at radius 2 is 2.00 bits per heavy atom. The summed E-state index contributed by atoms with van der Waals surface area (Å²) < 4.78 is 10.8. The number of pyridine rings is 1. The van der Waals surface area contributed by atoms with Gasteiger partial charge in [0.05, 0.1) is 22.6 Å². The number of fused-ring (bicyclic) bond motifs is 1. The molecule has 0 N–H and O–H groups in total. The monoisotopic (exact) mass is 367 g/mol. The Hall–Kier alpha value is -3.48. The molecule has 1 aromatic heterocycles. The number of nitrogens with zero attached hydrogens (tertiary/aromatic N) is 2. The molecule has 2 aromatic carbocycles. The van der Waals surface area contributed by atoms with Gasteiger partial charge in [0.15, 0.2) is 7.11 Å². The minimum Gasteiger partial charge on any atom is -0.489 e. The Kier molecular flexibility index (Phi) is 5.61. The SMILES string of the molecule is CCOC(=O)c1cnc2cc(OCc3cccc([N+](=O)OC)c3)ccc2c1. The maximum absolute atomic E-state index is 11.8. The molecule has 27 heavy (non-hydrogen) atoms.